The summed E-state index contributed by atoms with van der Waals surface area (Å²) in [5, 5.41) is 1.79. The van der Waals surface area contributed by atoms with Crippen molar-refractivity contribution in [2.75, 3.05) is 40.4 Å². The number of anilines is 1. The summed E-state index contributed by atoms with van der Waals surface area (Å²) in [5.74, 6) is 3.13. The van der Waals surface area contributed by atoms with Crippen LogP contribution in [0.1, 0.15) is 21.5 Å². The molecule has 3 aromatic carbocycles. The molecule has 1 aliphatic rings. The zero-order valence-electron chi connectivity index (χ0n) is 21.5. The van der Waals surface area contributed by atoms with E-state index in [4.69, 9.17) is 28.7 Å². The van der Waals surface area contributed by atoms with E-state index in [-0.39, 0.29) is 12.6 Å². The third-order valence-electron chi connectivity index (χ3n) is 6.62. The summed E-state index contributed by atoms with van der Waals surface area (Å²) in [6, 6.07) is 15.5. The van der Waals surface area contributed by atoms with Gasteiger partial charge in [0.05, 0.1) is 34.0 Å². The minimum absolute atomic E-state index is 0.239. The van der Waals surface area contributed by atoms with E-state index in [1.165, 1.54) is 0 Å². The smallest absolute Gasteiger partial charge is 0.339 e. The highest BCUT2D eigenvalue weighted by Crippen LogP contribution is 2.42. The number of hydrogen-bond donors (Lipinski definition) is 0. The van der Waals surface area contributed by atoms with Gasteiger partial charge in [-0.2, -0.15) is 0 Å². The van der Waals surface area contributed by atoms with Crippen LogP contribution in [0.2, 0.25) is 0 Å². The normalized spacial score (nSPS) is 12.2. The van der Waals surface area contributed by atoms with E-state index >= 15 is 0 Å². The van der Waals surface area contributed by atoms with Crippen molar-refractivity contribution in [3.63, 3.8) is 0 Å². The number of ether oxygens (including phenoxy) is 5. The van der Waals surface area contributed by atoms with E-state index in [1.807, 2.05) is 60.5 Å². The molecule has 0 bridgehead atoms. The van der Waals surface area contributed by atoms with Crippen LogP contribution in [0, 0.1) is 0 Å². The predicted molar refractivity (Wildman–Crippen MR) is 141 cm³/mol. The SMILES string of the molecule is COc1ccc(CN(C)c2ccc(-c3c4c(cc5cc(OC)c(OC)cc35)COC4=O)cn2)c(OC)c1. The Morgan fingerprint density at radius 1 is 0.865 bits per heavy atom. The molecule has 0 atom stereocenters. The van der Waals surface area contributed by atoms with Crippen LogP contribution in [-0.4, -0.2) is 46.4 Å². The molecule has 0 radical (unpaired) electrons. The minimum atomic E-state index is -0.338. The molecule has 5 rings (SSSR count). The Balaban J connectivity index is 1.54. The van der Waals surface area contributed by atoms with Crippen LogP contribution in [0.15, 0.2) is 54.7 Å². The van der Waals surface area contributed by atoms with Crippen LogP contribution in [-0.2, 0) is 17.9 Å². The molecule has 0 saturated carbocycles. The van der Waals surface area contributed by atoms with Crippen molar-refractivity contribution in [1.29, 1.82) is 0 Å². The number of esters is 1. The van der Waals surface area contributed by atoms with Gasteiger partial charge in [0.2, 0.25) is 0 Å². The first-order chi connectivity index (χ1) is 18.0. The van der Waals surface area contributed by atoms with Crippen molar-refractivity contribution < 1.29 is 28.5 Å². The summed E-state index contributed by atoms with van der Waals surface area (Å²) in [7, 11) is 8.43. The van der Waals surface area contributed by atoms with Gasteiger partial charge in [0, 0.05) is 48.1 Å². The first-order valence-electron chi connectivity index (χ1n) is 11.7. The number of carbonyl (C=O) groups is 1. The monoisotopic (exact) mass is 500 g/mol. The van der Waals surface area contributed by atoms with E-state index in [0.29, 0.717) is 23.6 Å². The van der Waals surface area contributed by atoms with Gasteiger partial charge >= 0.3 is 5.97 Å². The molecular weight excluding hydrogens is 472 g/mol. The highest BCUT2D eigenvalue weighted by Gasteiger charge is 2.28. The Morgan fingerprint density at radius 2 is 1.62 bits per heavy atom. The number of hydrogen-bond acceptors (Lipinski definition) is 8. The van der Waals surface area contributed by atoms with Gasteiger partial charge in [0.1, 0.15) is 23.9 Å². The molecule has 0 unspecified atom stereocenters. The first-order valence-corrected chi connectivity index (χ1v) is 11.7. The zero-order chi connectivity index (χ0) is 26.1. The number of fused-ring (bicyclic) bond motifs is 2. The largest absolute Gasteiger partial charge is 0.497 e. The standard InChI is InChI=1S/C29H28N2O6/c1-31(15-18-6-8-21(33-2)12-23(18)34-3)26-9-7-17(14-30-26)27-22-13-25(36-5)24(35-4)11-19(22)10-20-16-37-29(32)28(20)27/h6-14H,15-16H2,1-5H3. The zero-order valence-corrected chi connectivity index (χ0v) is 21.5. The number of cyclic esters (lactones) is 1. The molecule has 0 spiro atoms. The van der Waals surface area contributed by atoms with Gasteiger partial charge in [0.25, 0.3) is 0 Å². The highest BCUT2D eigenvalue weighted by molar-refractivity contribution is 6.11. The summed E-state index contributed by atoms with van der Waals surface area (Å²) in [6.07, 6.45) is 1.79. The maximum Gasteiger partial charge on any atom is 0.339 e. The van der Waals surface area contributed by atoms with Gasteiger partial charge in [-0.3, -0.25) is 0 Å². The van der Waals surface area contributed by atoms with Crippen LogP contribution in [0.5, 0.6) is 23.0 Å². The fourth-order valence-corrected chi connectivity index (χ4v) is 4.73. The lowest BCUT2D eigenvalue weighted by molar-refractivity contribution is 0.0535. The molecule has 2 heterocycles. The van der Waals surface area contributed by atoms with E-state index in [9.17, 15) is 4.79 Å². The molecular formula is C29H28N2O6. The third kappa shape index (κ3) is 4.35. The van der Waals surface area contributed by atoms with Crippen LogP contribution in [0.25, 0.3) is 21.9 Å². The van der Waals surface area contributed by atoms with Gasteiger partial charge in [-0.05, 0) is 53.2 Å². The van der Waals surface area contributed by atoms with Crippen LogP contribution < -0.4 is 23.8 Å². The maximum absolute atomic E-state index is 12.7. The predicted octanol–water partition coefficient (Wildman–Crippen LogP) is 5.24. The molecule has 1 aromatic heterocycles. The fraction of sp³-hybridized carbons (Fsp3) is 0.241. The number of rotatable bonds is 8. The molecule has 0 aliphatic carbocycles. The molecule has 190 valence electrons. The topological polar surface area (TPSA) is 79.4 Å². The molecule has 8 nitrogen and oxygen atoms in total. The van der Waals surface area contributed by atoms with Crippen molar-refractivity contribution in [2.24, 2.45) is 0 Å². The molecule has 0 fully saturated rings. The summed E-state index contributed by atoms with van der Waals surface area (Å²) >= 11 is 0. The van der Waals surface area contributed by atoms with Crippen LogP contribution >= 0.6 is 0 Å². The Morgan fingerprint density at radius 3 is 2.30 bits per heavy atom. The summed E-state index contributed by atoms with van der Waals surface area (Å²) in [5.41, 5.74) is 3.99. The maximum atomic E-state index is 12.7. The average molecular weight is 501 g/mol. The van der Waals surface area contributed by atoms with Gasteiger partial charge in [-0.15, -0.1) is 0 Å². The number of pyridine rings is 1. The summed E-state index contributed by atoms with van der Waals surface area (Å²) in [4.78, 5) is 19.5. The van der Waals surface area contributed by atoms with Crippen molar-refractivity contribution in [3.05, 3.63) is 71.4 Å². The third-order valence-corrected chi connectivity index (χ3v) is 6.62. The molecule has 4 aromatic rings. The summed E-state index contributed by atoms with van der Waals surface area (Å²) in [6.45, 7) is 0.829. The molecule has 0 amide bonds. The van der Waals surface area contributed by atoms with Crippen LogP contribution in [0.4, 0.5) is 5.82 Å². The van der Waals surface area contributed by atoms with E-state index < -0.39 is 0 Å². The average Bonchev–Trinajstić information content (AvgIpc) is 3.30. The highest BCUT2D eigenvalue weighted by atomic mass is 16.5. The van der Waals surface area contributed by atoms with E-state index in [2.05, 4.69) is 0 Å². The molecule has 0 saturated heterocycles. The lowest BCUT2D eigenvalue weighted by Gasteiger charge is -2.21. The van der Waals surface area contributed by atoms with Crippen molar-refractivity contribution in [3.8, 4) is 34.1 Å². The molecule has 1 aliphatic heterocycles. The Hall–Kier alpha value is -4.46. The van der Waals surface area contributed by atoms with Crippen LogP contribution in [0.3, 0.4) is 0 Å². The van der Waals surface area contributed by atoms with Gasteiger partial charge < -0.3 is 28.6 Å². The number of nitrogens with zero attached hydrogens (tertiary/aromatic N) is 2. The number of methoxy groups -OCH3 is 4. The summed E-state index contributed by atoms with van der Waals surface area (Å²) < 4.78 is 27.3. The quantitative estimate of drug-likeness (QED) is 0.304. The number of benzene rings is 3. The Labute approximate surface area is 215 Å². The Kier molecular flexibility index (Phi) is 6.48. The van der Waals surface area contributed by atoms with Gasteiger partial charge in [0.15, 0.2) is 11.5 Å². The second kappa shape index (κ2) is 9.89. The first kappa shape index (κ1) is 24.2. The van der Waals surface area contributed by atoms with Crippen molar-refractivity contribution >= 4 is 22.6 Å². The minimum Gasteiger partial charge on any atom is -0.497 e. The molecule has 8 heteroatoms. The van der Waals surface area contributed by atoms with Gasteiger partial charge in [-0.25, -0.2) is 9.78 Å². The second-order valence-corrected chi connectivity index (χ2v) is 8.73. The van der Waals surface area contributed by atoms with Crippen molar-refractivity contribution in [1.82, 2.24) is 4.98 Å². The van der Waals surface area contributed by atoms with Crippen molar-refractivity contribution in [2.45, 2.75) is 13.2 Å². The molecule has 0 N–H and O–H groups in total. The van der Waals surface area contributed by atoms with E-state index in [0.717, 1.165) is 50.3 Å². The number of carbonyl (C=O) groups excluding carboxylic acids is 1. The van der Waals surface area contributed by atoms with E-state index in [1.54, 1.807) is 34.6 Å². The second-order valence-electron chi connectivity index (χ2n) is 8.73. The number of aromatic nitrogens is 1. The van der Waals surface area contributed by atoms with Gasteiger partial charge in [-0.1, -0.05) is 0 Å². The lowest BCUT2D eigenvalue weighted by atomic mass is 9.91. The molecule has 37 heavy (non-hydrogen) atoms. The Bertz CT molecular complexity index is 1480. The fourth-order valence-electron chi connectivity index (χ4n) is 4.73. The lowest BCUT2D eigenvalue weighted by Crippen LogP contribution is -2.18.